The van der Waals surface area contributed by atoms with E-state index in [2.05, 4.69) is 13.8 Å². The minimum atomic E-state index is -1.43. The van der Waals surface area contributed by atoms with E-state index in [0.717, 1.165) is 44.9 Å². The van der Waals surface area contributed by atoms with Gasteiger partial charge < -0.3 is 9.84 Å². The fraction of sp³-hybridized carbons (Fsp3) is 0.875. The van der Waals surface area contributed by atoms with Gasteiger partial charge in [-0.3, -0.25) is 14.4 Å². The Morgan fingerprint density at radius 2 is 1.86 bits per heavy atom. The Bertz CT molecular complexity index is 731. The van der Waals surface area contributed by atoms with Crippen LogP contribution in [0.4, 0.5) is 0 Å². The molecule has 29 heavy (non-hydrogen) atoms. The number of ketones is 2. The summed E-state index contributed by atoms with van der Waals surface area (Å²) in [5.74, 6) is 1.33. The van der Waals surface area contributed by atoms with Crippen LogP contribution in [0.15, 0.2) is 0 Å². The van der Waals surface area contributed by atoms with Crippen molar-refractivity contribution in [2.24, 2.45) is 40.4 Å². The molecule has 0 aliphatic heterocycles. The predicted molar refractivity (Wildman–Crippen MR) is 108 cm³/mol. The van der Waals surface area contributed by atoms with Crippen LogP contribution in [0.1, 0.15) is 79.1 Å². The summed E-state index contributed by atoms with van der Waals surface area (Å²) in [6, 6.07) is 0. The Morgan fingerprint density at radius 3 is 2.55 bits per heavy atom. The standard InChI is InChI=1S/C24H36O5/c1-14-11-20-18-6-5-16-12-17(26)7-9-22(16,3)19(18)8-10-23(20,4)24(14,28)21(27)13-29-15(2)25/h14,16,18-20,28H,5-13H2,1-4H3/t14-,16?,18?,19?,20?,22?,23?,24+/m1/s1. The molecule has 4 aliphatic carbocycles. The van der Waals surface area contributed by atoms with Crippen molar-refractivity contribution in [3.8, 4) is 0 Å². The van der Waals surface area contributed by atoms with Crippen LogP contribution >= 0.6 is 0 Å². The van der Waals surface area contributed by atoms with Crippen molar-refractivity contribution < 1.29 is 24.2 Å². The van der Waals surface area contributed by atoms with E-state index in [1.54, 1.807) is 0 Å². The molecule has 0 heterocycles. The molecule has 8 atom stereocenters. The van der Waals surface area contributed by atoms with Crippen LogP contribution in [0.25, 0.3) is 0 Å². The van der Waals surface area contributed by atoms with Crippen LogP contribution in [0.5, 0.6) is 0 Å². The molecule has 162 valence electrons. The Kier molecular flexibility index (Phi) is 5.00. The van der Waals surface area contributed by atoms with Gasteiger partial charge in [0.05, 0.1) is 0 Å². The lowest BCUT2D eigenvalue weighted by molar-refractivity contribution is -0.179. The number of Topliss-reactive ketones (excluding diaryl/α,β-unsaturated/α-hetero) is 2. The number of hydrogen-bond acceptors (Lipinski definition) is 5. The van der Waals surface area contributed by atoms with Crippen molar-refractivity contribution in [2.45, 2.75) is 84.7 Å². The first-order valence-electron chi connectivity index (χ1n) is 11.4. The Labute approximate surface area is 174 Å². The molecule has 6 unspecified atom stereocenters. The maximum Gasteiger partial charge on any atom is 0.303 e. The summed E-state index contributed by atoms with van der Waals surface area (Å²) in [6.07, 6.45) is 7.30. The fourth-order valence-electron chi connectivity index (χ4n) is 8.26. The third-order valence-electron chi connectivity index (χ3n) is 9.89. The lowest BCUT2D eigenvalue weighted by Gasteiger charge is -2.60. The summed E-state index contributed by atoms with van der Waals surface area (Å²) in [5.41, 5.74) is -1.69. The number of esters is 1. The molecular formula is C24H36O5. The molecule has 0 saturated heterocycles. The lowest BCUT2D eigenvalue weighted by Crippen LogP contribution is -2.60. The van der Waals surface area contributed by atoms with Crippen molar-refractivity contribution in [1.82, 2.24) is 0 Å². The molecule has 4 fully saturated rings. The molecule has 4 saturated carbocycles. The number of aliphatic hydroxyl groups is 1. The highest BCUT2D eigenvalue weighted by Gasteiger charge is 2.69. The largest absolute Gasteiger partial charge is 0.458 e. The molecule has 5 heteroatoms. The zero-order chi connectivity index (χ0) is 21.2. The average Bonchev–Trinajstić information content (AvgIpc) is 2.88. The molecule has 0 spiro atoms. The summed E-state index contributed by atoms with van der Waals surface area (Å²) in [7, 11) is 0. The second-order valence-electron chi connectivity index (χ2n) is 11.0. The SMILES string of the molecule is CC(=O)OCC(=O)[C@@]1(O)[C@H](C)CC2C3CCC4CC(=O)CCC4(C)C3CCC21C. The van der Waals surface area contributed by atoms with Crippen LogP contribution in [0, 0.1) is 40.4 Å². The number of fused-ring (bicyclic) bond motifs is 5. The van der Waals surface area contributed by atoms with Crippen molar-refractivity contribution in [2.75, 3.05) is 6.61 Å². The molecule has 5 nitrogen and oxygen atoms in total. The summed E-state index contributed by atoms with van der Waals surface area (Å²) in [4.78, 5) is 36.3. The third kappa shape index (κ3) is 2.86. The van der Waals surface area contributed by atoms with Crippen LogP contribution in [-0.2, 0) is 19.1 Å². The van der Waals surface area contributed by atoms with Gasteiger partial charge in [0.25, 0.3) is 0 Å². The van der Waals surface area contributed by atoms with Gasteiger partial charge in [0, 0.05) is 25.2 Å². The number of ether oxygens (including phenoxy) is 1. The summed E-state index contributed by atoms with van der Waals surface area (Å²) in [6.45, 7) is 7.44. The smallest absolute Gasteiger partial charge is 0.303 e. The summed E-state index contributed by atoms with van der Waals surface area (Å²) >= 11 is 0. The predicted octanol–water partition coefficient (Wildman–Crippen LogP) is 3.71. The zero-order valence-corrected chi connectivity index (χ0v) is 18.3. The quantitative estimate of drug-likeness (QED) is 0.725. The van der Waals surface area contributed by atoms with E-state index in [4.69, 9.17) is 4.74 Å². The van der Waals surface area contributed by atoms with Gasteiger partial charge in [0.1, 0.15) is 11.4 Å². The van der Waals surface area contributed by atoms with Crippen LogP contribution in [-0.4, -0.2) is 34.9 Å². The minimum Gasteiger partial charge on any atom is -0.458 e. The zero-order valence-electron chi connectivity index (χ0n) is 18.3. The van der Waals surface area contributed by atoms with Crippen LogP contribution < -0.4 is 0 Å². The highest BCUT2D eigenvalue weighted by molar-refractivity contribution is 5.91. The summed E-state index contributed by atoms with van der Waals surface area (Å²) in [5, 5.41) is 11.7. The topological polar surface area (TPSA) is 80.7 Å². The highest BCUT2D eigenvalue weighted by Crippen LogP contribution is 2.69. The molecule has 0 aromatic heterocycles. The number of hydrogen-bond donors (Lipinski definition) is 1. The first kappa shape index (κ1) is 21.0. The molecule has 4 aliphatic rings. The Balaban J connectivity index is 1.62. The maximum atomic E-state index is 13.1. The summed E-state index contributed by atoms with van der Waals surface area (Å²) < 4.78 is 4.98. The van der Waals surface area contributed by atoms with Crippen LogP contribution in [0.3, 0.4) is 0 Å². The van der Waals surface area contributed by atoms with Crippen molar-refractivity contribution in [3.05, 3.63) is 0 Å². The van der Waals surface area contributed by atoms with Gasteiger partial charge in [-0.15, -0.1) is 0 Å². The molecule has 1 N–H and O–H groups in total. The third-order valence-corrected chi connectivity index (χ3v) is 9.89. The second-order valence-corrected chi connectivity index (χ2v) is 11.0. The monoisotopic (exact) mass is 404 g/mol. The maximum absolute atomic E-state index is 13.1. The first-order chi connectivity index (χ1) is 13.5. The molecule has 0 aromatic carbocycles. The van der Waals surface area contributed by atoms with Gasteiger partial charge in [-0.25, -0.2) is 0 Å². The normalized spacial score (nSPS) is 49.0. The number of carbonyl (C=O) groups is 3. The van der Waals surface area contributed by atoms with Gasteiger partial charge in [-0.05, 0) is 73.5 Å². The Morgan fingerprint density at radius 1 is 1.14 bits per heavy atom. The Hall–Kier alpha value is -1.23. The number of rotatable bonds is 3. The van der Waals surface area contributed by atoms with E-state index < -0.39 is 17.0 Å². The van der Waals surface area contributed by atoms with Crippen LogP contribution in [0.2, 0.25) is 0 Å². The first-order valence-corrected chi connectivity index (χ1v) is 11.4. The number of carbonyl (C=O) groups excluding carboxylic acids is 3. The lowest BCUT2D eigenvalue weighted by atomic mass is 9.44. The molecule has 0 bridgehead atoms. The van der Waals surface area contributed by atoms with Gasteiger partial charge in [0.2, 0.25) is 5.78 Å². The van der Waals surface area contributed by atoms with Crippen molar-refractivity contribution in [3.63, 3.8) is 0 Å². The van der Waals surface area contributed by atoms with E-state index in [1.165, 1.54) is 6.92 Å². The van der Waals surface area contributed by atoms with E-state index >= 15 is 0 Å². The molecule has 0 radical (unpaired) electrons. The molecule has 4 rings (SSSR count). The van der Waals surface area contributed by atoms with Gasteiger partial charge in [-0.2, -0.15) is 0 Å². The fourth-order valence-corrected chi connectivity index (χ4v) is 8.26. The molecule has 0 aromatic rings. The average molecular weight is 405 g/mol. The van der Waals surface area contributed by atoms with E-state index in [0.29, 0.717) is 35.9 Å². The van der Waals surface area contributed by atoms with Gasteiger partial charge in [0.15, 0.2) is 6.61 Å². The minimum absolute atomic E-state index is 0.141. The van der Waals surface area contributed by atoms with E-state index in [-0.39, 0.29) is 23.7 Å². The second kappa shape index (κ2) is 6.90. The van der Waals surface area contributed by atoms with Crippen molar-refractivity contribution in [1.29, 1.82) is 0 Å². The van der Waals surface area contributed by atoms with E-state index in [9.17, 15) is 19.5 Å². The van der Waals surface area contributed by atoms with Gasteiger partial charge in [-0.1, -0.05) is 20.8 Å². The highest BCUT2D eigenvalue weighted by atomic mass is 16.5. The van der Waals surface area contributed by atoms with E-state index in [1.807, 2.05) is 6.92 Å². The van der Waals surface area contributed by atoms with Gasteiger partial charge >= 0.3 is 5.97 Å². The van der Waals surface area contributed by atoms with Crippen molar-refractivity contribution >= 4 is 17.5 Å². The molecule has 0 amide bonds. The molecular weight excluding hydrogens is 368 g/mol.